The highest BCUT2D eigenvalue weighted by Gasteiger charge is 2.13. The van der Waals surface area contributed by atoms with E-state index in [9.17, 15) is 0 Å². The summed E-state index contributed by atoms with van der Waals surface area (Å²) in [5.41, 5.74) is 8.51. The zero-order valence-corrected chi connectivity index (χ0v) is 12.3. The first-order valence-corrected chi connectivity index (χ1v) is 7.29. The van der Waals surface area contributed by atoms with E-state index in [-0.39, 0.29) is 0 Å². The molecule has 7 heteroatoms. The van der Waals surface area contributed by atoms with Crippen LogP contribution in [0.1, 0.15) is 18.4 Å². The molecule has 6 nitrogen and oxygen atoms in total. The molecule has 3 heterocycles. The van der Waals surface area contributed by atoms with Gasteiger partial charge in [-0.25, -0.2) is 9.97 Å². The molecule has 0 amide bonds. The standard InChI is InChI=1S/C14H15N5OS/c1-9-7-21-14(19-9)13(15)11-5-12(18-8-17-11)16-6-10-3-2-4-20-10/h2-5,7-8,19H,6,15H2,1H3,(H,16,17,18)/b14-13+. The highest BCUT2D eigenvalue weighted by atomic mass is 32.2. The largest absolute Gasteiger partial charge is 0.467 e. The van der Waals surface area contributed by atoms with Crippen molar-refractivity contribution in [3.8, 4) is 0 Å². The molecule has 0 saturated heterocycles. The molecule has 2 aromatic heterocycles. The Bertz CT molecular complexity index is 693. The lowest BCUT2D eigenvalue weighted by Gasteiger charge is -2.08. The second-order valence-corrected chi connectivity index (χ2v) is 5.39. The number of allylic oxidation sites excluding steroid dienone is 1. The van der Waals surface area contributed by atoms with Crippen LogP contribution >= 0.6 is 11.8 Å². The van der Waals surface area contributed by atoms with Crippen molar-refractivity contribution >= 4 is 23.3 Å². The minimum absolute atomic E-state index is 0.563. The van der Waals surface area contributed by atoms with Crippen LogP contribution < -0.4 is 16.4 Å². The third-order valence-electron chi connectivity index (χ3n) is 2.88. The number of aromatic nitrogens is 2. The number of hydrogen-bond acceptors (Lipinski definition) is 7. The monoisotopic (exact) mass is 301 g/mol. The lowest BCUT2D eigenvalue weighted by Crippen LogP contribution is -2.11. The molecule has 0 fully saturated rings. The fraction of sp³-hybridized carbons (Fsp3) is 0.143. The molecule has 0 spiro atoms. The maximum Gasteiger partial charge on any atom is 0.130 e. The SMILES string of the molecule is CC1=CS/C(=C(/N)c2cc(NCc3ccco3)ncn2)N1. The van der Waals surface area contributed by atoms with Gasteiger partial charge in [-0.3, -0.25) is 0 Å². The molecule has 3 rings (SSSR count). The molecule has 1 aliphatic heterocycles. The van der Waals surface area contributed by atoms with Crippen LogP contribution in [0.4, 0.5) is 5.82 Å². The van der Waals surface area contributed by atoms with Gasteiger partial charge in [0.15, 0.2) is 0 Å². The summed E-state index contributed by atoms with van der Waals surface area (Å²) in [5, 5.41) is 9.29. The number of rotatable bonds is 4. The van der Waals surface area contributed by atoms with Crippen molar-refractivity contribution in [2.24, 2.45) is 5.73 Å². The molecule has 21 heavy (non-hydrogen) atoms. The minimum atomic E-state index is 0.563. The molecule has 0 bridgehead atoms. The summed E-state index contributed by atoms with van der Waals surface area (Å²) >= 11 is 1.56. The lowest BCUT2D eigenvalue weighted by molar-refractivity contribution is 0.518. The number of anilines is 1. The number of thioether (sulfide) groups is 1. The highest BCUT2D eigenvalue weighted by molar-refractivity contribution is 8.06. The molecule has 4 N–H and O–H groups in total. The van der Waals surface area contributed by atoms with E-state index in [1.54, 1.807) is 18.0 Å². The van der Waals surface area contributed by atoms with Crippen molar-refractivity contribution < 1.29 is 4.42 Å². The number of nitrogens with one attached hydrogen (secondary N) is 2. The van der Waals surface area contributed by atoms with E-state index in [1.165, 1.54) is 6.33 Å². The molecule has 0 saturated carbocycles. The van der Waals surface area contributed by atoms with Gasteiger partial charge in [0.25, 0.3) is 0 Å². The fourth-order valence-electron chi connectivity index (χ4n) is 1.82. The molecule has 2 aromatic rings. The van der Waals surface area contributed by atoms with Crippen molar-refractivity contribution in [2.45, 2.75) is 13.5 Å². The summed E-state index contributed by atoms with van der Waals surface area (Å²) in [5.74, 6) is 1.54. The average Bonchev–Trinajstić information content (AvgIpc) is 3.16. The van der Waals surface area contributed by atoms with Crippen LogP contribution in [0.25, 0.3) is 5.70 Å². The highest BCUT2D eigenvalue weighted by Crippen LogP contribution is 2.28. The maximum absolute atomic E-state index is 6.15. The van der Waals surface area contributed by atoms with Gasteiger partial charge >= 0.3 is 0 Å². The smallest absolute Gasteiger partial charge is 0.130 e. The van der Waals surface area contributed by atoms with E-state index >= 15 is 0 Å². The molecule has 1 aliphatic rings. The second-order valence-electron chi connectivity index (χ2n) is 4.51. The van der Waals surface area contributed by atoms with E-state index in [4.69, 9.17) is 10.2 Å². The van der Waals surface area contributed by atoms with Crippen LogP contribution in [0.15, 0.2) is 51.3 Å². The zero-order valence-electron chi connectivity index (χ0n) is 11.5. The van der Waals surface area contributed by atoms with Crippen molar-refractivity contribution in [3.05, 3.63) is 58.4 Å². The first-order chi connectivity index (χ1) is 10.2. The van der Waals surface area contributed by atoms with Gasteiger partial charge in [-0.05, 0) is 24.5 Å². The van der Waals surface area contributed by atoms with Crippen molar-refractivity contribution in [2.75, 3.05) is 5.32 Å². The molecule has 108 valence electrons. The van der Waals surface area contributed by atoms with Gasteiger partial charge < -0.3 is 20.8 Å². The van der Waals surface area contributed by atoms with Crippen molar-refractivity contribution in [1.82, 2.24) is 15.3 Å². The quantitative estimate of drug-likeness (QED) is 0.799. The van der Waals surface area contributed by atoms with E-state index in [2.05, 4.69) is 20.6 Å². The van der Waals surface area contributed by atoms with E-state index in [0.29, 0.717) is 23.8 Å². The molecule has 0 radical (unpaired) electrons. The predicted molar refractivity (Wildman–Crippen MR) is 83.7 cm³/mol. The number of hydrogen-bond donors (Lipinski definition) is 3. The van der Waals surface area contributed by atoms with Crippen LogP contribution in [0.5, 0.6) is 0 Å². The van der Waals surface area contributed by atoms with Crippen LogP contribution in [-0.2, 0) is 6.54 Å². The third kappa shape index (κ3) is 3.19. The Kier molecular flexibility index (Phi) is 3.83. The number of nitrogens with two attached hydrogens (primary N) is 1. The first kappa shape index (κ1) is 13.6. The number of nitrogens with zero attached hydrogens (tertiary/aromatic N) is 2. The third-order valence-corrected chi connectivity index (χ3v) is 3.90. The molecule has 0 aliphatic carbocycles. The van der Waals surface area contributed by atoms with Crippen LogP contribution in [-0.4, -0.2) is 9.97 Å². The van der Waals surface area contributed by atoms with Crippen molar-refractivity contribution in [3.63, 3.8) is 0 Å². The summed E-state index contributed by atoms with van der Waals surface area (Å²) in [6.07, 6.45) is 3.14. The summed E-state index contributed by atoms with van der Waals surface area (Å²) in [6.45, 7) is 2.55. The van der Waals surface area contributed by atoms with Gasteiger partial charge in [-0.2, -0.15) is 0 Å². The molecular weight excluding hydrogens is 286 g/mol. The van der Waals surface area contributed by atoms with Gasteiger partial charge in [0.05, 0.1) is 24.2 Å². The van der Waals surface area contributed by atoms with Gasteiger partial charge in [0.1, 0.15) is 22.9 Å². The summed E-state index contributed by atoms with van der Waals surface area (Å²) in [4.78, 5) is 8.40. The second kappa shape index (κ2) is 5.92. The van der Waals surface area contributed by atoms with Crippen LogP contribution in [0, 0.1) is 0 Å². The van der Waals surface area contributed by atoms with Crippen LogP contribution in [0.2, 0.25) is 0 Å². The van der Waals surface area contributed by atoms with Gasteiger partial charge in [-0.1, -0.05) is 11.8 Å². The maximum atomic E-state index is 6.15. The summed E-state index contributed by atoms with van der Waals surface area (Å²) in [6, 6.07) is 5.57. The Morgan fingerprint density at radius 2 is 2.38 bits per heavy atom. The Labute approximate surface area is 126 Å². The Morgan fingerprint density at radius 1 is 1.48 bits per heavy atom. The molecule has 0 aromatic carbocycles. The lowest BCUT2D eigenvalue weighted by atomic mass is 10.3. The topological polar surface area (TPSA) is 89.0 Å². The molecule has 0 unspecified atom stereocenters. The zero-order chi connectivity index (χ0) is 14.7. The fourth-order valence-corrected chi connectivity index (χ4v) is 2.63. The van der Waals surface area contributed by atoms with Crippen LogP contribution in [0.3, 0.4) is 0 Å². The summed E-state index contributed by atoms with van der Waals surface area (Å²) in [7, 11) is 0. The normalized spacial score (nSPS) is 16.3. The Balaban J connectivity index is 1.74. The Morgan fingerprint density at radius 3 is 3.10 bits per heavy atom. The van der Waals surface area contributed by atoms with Gasteiger partial charge in [0, 0.05) is 11.8 Å². The van der Waals surface area contributed by atoms with E-state index in [0.717, 1.165) is 16.5 Å². The molecular formula is C14H15N5OS. The van der Waals surface area contributed by atoms with E-state index in [1.807, 2.05) is 30.5 Å². The van der Waals surface area contributed by atoms with Crippen molar-refractivity contribution in [1.29, 1.82) is 0 Å². The van der Waals surface area contributed by atoms with Gasteiger partial charge in [0.2, 0.25) is 0 Å². The minimum Gasteiger partial charge on any atom is -0.467 e. The van der Waals surface area contributed by atoms with Gasteiger partial charge in [-0.15, -0.1) is 0 Å². The average molecular weight is 301 g/mol. The first-order valence-electron chi connectivity index (χ1n) is 6.41. The number of furan rings is 1. The van der Waals surface area contributed by atoms with E-state index < -0.39 is 0 Å². The molecule has 0 atom stereocenters. The summed E-state index contributed by atoms with van der Waals surface area (Å²) < 4.78 is 5.27. The Hall–Kier alpha value is -2.41. The predicted octanol–water partition coefficient (Wildman–Crippen LogP) is 2.46.